The fraction of sp³-hybridized carbons (Fsp3) is 0.714. The van der Waals surface area contributed by atoms with Crippen molar-refractivity contribution in [3.63, 3.8) is 0 Å². The Balaban J connectivity index is 1.66. The Labute approximate surface area is 137 Å². The minimum Gasteiger partial charge on any atom is -0.316 e. The average molecular weight is 302 g/mol. The minimum absolute atomic E-state index is 0.631. The number of benzene rings is 1. The van der Waals surface area contributed by atoms with Crippen molar-refractivity contribution >= 4 is 0 Å². The van der Waals surface area contributed by atoms with Crippen LogP contribution in [0.1, 0.15) is 70.4 Å². The summed E-state index contributed by atoms with van der Waals surface area (Å²) >= 11 is 0. The molecule has 0 aliphatic heterocycles. The van der Waals surface area contributed by atoms with Gasteiger partial charge in [-0.05, 0) is 67.2 Å². The van der Waals surface area contributed by atoms with Crippen LogP contribution in [-0.2, 0) is 6.42 Å². The molecule has 0 aromatic heterocycles. The molecule has 1 aromatic rings. The van der Waals surface area contributed by atoms with E-state index in [-0.39, 0.29) is 0 Å². The molecule has 0 spiro atoms. The van der Waals surface area contributed by atoms with Gasteiger partial charge in [0.2, 0.25) is 0 Å². The van der Waals surface area contributed by atoms with E-state index in [1.165, 1.54) is 49.8 Å². The molecule has 22 heavy (non-hydrogen) atoms. The maximum atomic E-state index is 3.72. The molecular weight excluding hydrogens is 266 g/mol. The molecule has 0 radical (unpaired) electrons. The monoisotopic (exact) mass is 301 g/mol. The van der Waals surface area contributed by atoms with E-state index in [4.69, 9.17) is 0 Å². The Hall–Kier alpha value is -0.820. The van der Waals surface area contributed by atoms with Crippen LogP contribution in [-0.4, -0.2) is 13.1 Å². The normalized spacial score (nSPS) is 23.7. The lowest BCUT2D eigenvalue weighted by Crippen LogP contribution is -2.29. The van der Waals surface area contributed by atoms with E-state index in [0.29, 0.717) is 11.8 Å². The van der Waals surface area contributed by atoms with Crippen LogP contribution >= 0.6 is 0 Å². The van der Waals surface area contributed by atoms with Gasteiger partial charge in [0.1, 0.15) is 0 Å². The fourth-order valence-corrected chi connectivity index (χ4v) is 3.58. The molecule has 0 saturated heterocycles. The summed E-state index contributed by atoms with van der Waals surface area (Å²) in [5.41, 5.74) is 2.92. The van der Waals surface area contributed by atoms with Crippen LogP contribution in [0.4, 0.5) is 0 Å². The quantitative estimate of drug-likeness (QED) is 0.710. The molecule has 1 unspecified atom stereocenters. The Morgan fingerprint density at radius 2 is 1.64 bits per heavy atom. The summed E-state index contributed by atoms with van der Waals surface area (Å²) in [7, 11) is 0. The Morgan fingerprint density at radius 3 is 2.23 bits per heavy atom. The van der Waals surface area contributed by atoms with Gasteiger partial charge in [-0.25, -0.2) is 0 Å². The maximum absolute atomic E-state index is 3.72. The zero-order valence-electron chi connectivity index (χ0n) is 15.1. The van der Waals surface area contributed by atoms with E-state index in [0.717, 1.165) is 18.4 Å². The molecule has 1 heteroatoms. The van der Waals surface area contributed by atoms with Gasteiger partial charge >= 0.3 is 0 Å². The molecule has 1 nitrogen and oxygen atoms in total. The predicted molar refractivity (Wildman–Crippen MR) is 97.4 cm³/mol. The molecule has 1 aliphatic carbocycles. The smallest absolute Gasteiger partial charge is 0.00199 e. The van der Waals surface area contributed by atoms with Gasteiger partial charge in [-0.1, -0.05) is 64.8 Å². The minimum atomic E-state index is 0.631. The van der Waals surface area contributed by atoms with E-state index in [9.17, 15) is 0 Å². The third-order valence-electron chi connectivity index (χ3n) is 5.29. The van der Waals surface area contributed by atoms with Crippen molar-refractivity contribution < 1.29 is 0 Å². The van der Waals surface area contributed by atoms with Crippen molar-refractivity contribution in [3.05, 3.63) is 35.4 Å². The predicted octanol–water partition coefficient (Wildman–Crippen LogP) is 5.40. The van der Waals surface area contributed by atoms with E-state index >= 15 is 0 Å². The van der Waals surface area contributed by atoms with E-state index in [1.807, 2.05) is 0 Å². The van der Waals surface area contributed by atoms with Gasteiger partial charge < -0.3 is 5.32 Å². The number of hydrogen-bond donors (Lipinski definition) is 1. The second-order valence-corrected chi connectivity index (χ2v) is 7.99. The fourth-order valence-electron chi connectivity index (χ4n) is 3.58. The van der Waals surface area contributed by atoms with E-state index < -0.39 is 0 Å². The van der Waals surface area contributed by atoms with Crippen LogP contribution in [0.15, 0.2) is 24.3 Å². The maximum Gasteiger partial charge on any atom is -0.00199 e. The van der Waals surface area contributed by atoms with Gasteiger partial charge in [0.15, 0.2) is 0 Å². The van der Waals surface area contributed by atoms with Crippen LogP contribution in [0.2, 0.25) is 0 Å². The lowest BCUT2D eigenvalue weighted by Gasteiger charge is -2.26. The highest BCUT2D eigenvalue weighted by atomic mass is 14.9. The molecule has 1 atom stereocenters. The third kappa shape index (κ3) is 5.76. The van der Waals surface area contributed by atoms with Gasteiger partial charge in [0.05, 0.1) is 0 Å². The number of hydrogen-bond acceptors (Lipinski definition) is 1. The molecule has 0 heterocycles. The first-order chi connectivity index (χ1) is 10.5. The molecule has 1 aliphatic rings. The van der Waals surface area contributed by atoms with Gasteiger partial charge in [0.25, 0.3) is 0 Å². The Kier molecular flexibility index (Phi) is 6.95. The highest BCUT2D eigenvalue weighted by molar-refractivity contribution is 5.24. The van der Waals surface area contributed by atoms with Crippen molar-refractivity contribution in [1.29, 1.82) is 0 Å². The Bertz CT molecular complexity index is 412. The van der Waals surface area contributed by atoms with Crippen LogP contribution in [0.25, 0.3) is 0 Å². The summed E-state index contributed by atoms with van der Waals surface area (Å²) in [4.78, 5) is 0. The van der Waals surface area contributed by atoms with Crippen molar-refractivity contribution in [1.82, 2.24) is 5.32 Å². The van der Waals surface area contributed by atoms with Crippen LogP contribution in [0.3, 0.4) is 0 Å². The largest absolute Gasteiger partial charge is 0.316 e. The summed E-state index contributed by atoms with van der Waals surface area (Å²) < 4.78 is 0. The highest BCUT2D eigenvalue weighted by Gasteiger charge is 2.17. The lowest BCUT2D eigenvalue weighted by molar-refractivity contribution is 0.278. The molecule has 2 rings (SSSR count). The van der Waals surface area contributed by atoms with Gasteiger partial charge in [0, 0.05) is 0 Å². The third-order valence-corrected chi connectivity index (χ3v) is 5.29. The number of rotatable bonds is 7. The molecule has 1 saturated carbocycles. The molecule has 1 fully saturated rings. The summed E-state index contributed by atoms with van der Waals surface area (Å²) in [6.07, 6.45) is 6.92. The summed E-state index contributed by atoms with van der Waals surface area (Å²) in [6.45, 7) is 11.7. The second kappa shape index (κ2) is 8.72. The SMILES string of the molecule is CC1CCC(CNCC(C)Cc2ccc(C(C)C)cc2)CC1. The molecular formula is C21H35N. The summed E-state index contributed by atoms with van der Waals surface area (Å²) in [5, 5.41) is 3.72. The average Bonchev–Trinajstić information content (AvgIpc) is 2.50. The van der Waals surface area contributed by atoms with E-state index in [2.05, 4.69) is 57.3 Å². The van der Waals surface area contributed by atoms with Gasteiger partial charge in [-0.3, -0.25) is 0 Å². The van der Waals surface area contributed by atoms with Crippen molar-refractivity contribution in [2.75, 3.05) is 13.1 Å². The van der Waals surface area contributed by atoms with Crippen molar-refractivity contribution in [2.45, 2.75) is 65.7 Å². The summed E-state index contributed by atoms with van der Waals surface area (Å²) in [6, 6.07) is 9.22. The zero-order chi connectivity index (χ0) is 15.9. The summed E-state index contributed by atoms with van der Waals surface area (Å²) in [5.74, 6) is 3.23. The van der Waals surface area contributed by atoms with Crippen LogP contribution < -0.4 is 5.32 Å². The molecule has 0 bridgehead atoms. The molecule has 0 amide bonds. The topological polar surface area (TPSA) is 12.0 Å². The first-order valence-corrected chi connectivity index (χ1v) is 9.34. The molecule has 124 valence electrons. The van der Waals surface area contributed by atoms with Gasteiger partial charge in [-0.2, -0.15) is 0 Å². The van der Waals surface area contributed by atoms with E-state index in [1.54, 1.807) is 0 Å². The standard InChI is InChI=1S/C21H35N/c1-16(2)21-11-9-19(10-12-21)13-18(4)14-22-15-20-7-5-17(3)6-8-20/h9-12,16-18,20,22H,5-8,13-15H2,1-4H3. The first-order valence-electron chi connectivity index (χ1n) is 9.34. The zero-order valence-corrected chi connectivity index (χ0v) is 15.1. The molecule has 1 aromatic carbocycles. The van der Waals surface area contributed by atoms with Gasteiger partial charge in [-0.15, -0.1) is 0 Å². The van der Waals surface area contributed by atoms with Crippen LogP contribution in [0, 0.1) is 17.8 Å². The second-order valence-electron chi connectivity index (χ2n) is 7.99. The number of nitrogens with one attached hydrogen (secondary N) is 1. The highest BCUT2D eigenvalue weighted by Crippen LogP contribution is 2.27. The van der Waals surface area contributed by atoms with Crippen molar-refractivity contribution in [3.8, 4) is 0 Å². The first kappa shape index (κ1) is 17.5. The van der Waals surface area contributed by atoms with Crippen LogP contribution in [0.5, 0.6) is 0 Å². The molecule has 1 N–H and O–H groups in total. The Morgan fingerprint density at radius 1 is 1.00 bits per heavy atom. The lowest BCUT2D eigenvalue weighted by atomic mass is 9.83. The van der Waals surface area contributed by atoms with Crippen molar-refractivity contribution in [2.24, 2.45) is 17.8 Å².